The highest BCUT2D eigenvalue weighted by Crippen LogP contribution is 2.36. The van der Waals surface area contributed by atoms with Gasteiger partial charge < -0.3 is 0 Å². The first-order chi connectivity index (χ1) is 11.5. The first kappa shape index (κ1) is 18.9. The summed E-state index contributed by atoms with van der Waals surface area (Å²) in [6.07, 6.45) is 0.776. The summed E-state index contributed by atoms with van der Waals surface area (Å²) in [5.41, 5.74) is 1.43. The number of thiazole rings is 1. The summed E-state index contributed by atoms with van der Waals surface area (Å²) in [5.74, 6) is 0. The number of nitrogens with zero attached hydrogens (tertiary/aromatic N) is 2. The highest BCUT2D eigenvalue weighted by atomic mass is 35.5. The van der Waals surface area contributed by atoms with Gasteiger partial charge in [-0.2, -0.15) is 0 Å². The summed E-state index contributed by atoms with van der Waals surface area (Å²) in [6.45, 7) is 6.71. The summed E-state index contributed by atoms with van der Waals surface area (Å²) in [4.78, 5) is 7.86. The van der Waals surface area contributed by atoms with E-state index in [1.165, 1.54) is 17.4 Å². The minimum Gasteiger partial charge on any atom is -0.296 e. The van der Waals surface area contributed by atoms with Crippen molar-refractivity contribution in [3.8, 4) is 0 Å². The molecule has 0 atom stereocenters. The molecule has 1 aliphatic rings. The molecule has 25 heavy (non-hydrogen) atoms. The lowest BCUT2D eigenvalue weighted by atomic mass is 9.92. The Morgan fingerprint density at radius 2 is 2.00 bits per heavy atom. The number of anilines is 1. The molecule has 0 saturated carbocycles. The third-order valence-corrected chi connectivity index (χ3v) is 7.77. The Balaban J connectivity index is 1.94. The van der Waals surface area contributed by atoms with Crippen molar-refractivity contribution in [3.63, 3.8) is 0 Å². The van der Waals surface area contributed by atoms with Gasteiger partial charge >= 0.3 is 0 Å². The van der Waals surface area contributed by atoms with Crippen LogP contribution in [-0.2, 0) is 23.0 Å². The van der Waals surface area contributed by atoms with Gasteiger partial charge in [-0.1, -0.05) is 34.5 Å². The quantitative estimate of drug-likeness (QED) is 0.803. The van der Waals surface area contributed by atoms with Crippen molar-refractivity contribution in [3.05, 3.63) is 38.3 Å². The zero-order valence-electron chi connectivity index (χ0n) is 14.4. The van der Waals surface area contributed by atoms with Crippen LogP contribution >= 0.6 is 34.5 Å². The molecule has 1 aliphatic heterocycles. The predicted octanol–water partition coefficient (Wildman–Crippen LogP) is 4.33. The molecule has 0 fully saturated rings. The van der Waals surface area contributed by atoms with Crippen LogP contribution < -0.4 is 4.72 Å². The number of rotatable bonds is 3. The molecule has 0 spiro atoms. The number of likely N-dealkylation sites (N-methyl/N-ethyl adjacent to an activating group) is 1. The highest BCUT2D eigenvalue weighted by Gasteiger charge is 2.33. The fourth-order valence-corrected chi connectivity index (χ4v) is 6.31. The van der Waals surface area contributed by atoms with Gasteiger partial charge in [0.15, 0.2) is 5.13 Å². The van der Waals surface area contributed by atoms with Gasteiger partial charge in [0.25, 0.3) is 10.0 Å². The topological polar surface area (TPSA) is 62.3 Å². The fourth-order valence-electron chi connectivity index (χ4n) is 2.86. The number of sulfonamides is 1. The van der Waals surface area contributed by atoms with E-state index in [9.17, 15) is 8.42 Å². The summed E-state index contributed by atoms with van der Waals surface area (Å²) in [6, 6.07) is 3.00. The monoisotopic (exact) mass is 419 g/mol. The van der Waals surface area contributed by atoms with Gasteiger partial charge in [-0.25, -0.2) is 13.4 Å². The Kier molecular flexibility index (Phi) is 4.83. The van der Waals surface area contributed by atoms with Gasteiger partial charge in [0.2, 0.25) is 0 Å². The largest absolute Gasteiger partial charge is 0.296 e. The van der Waals surface area contributed by atoms with E-state index < -0.39 is 10.0 Å². The van der Waals surface area contributed by atoms with Gasteiger partial charge in [0.1, 0.15) is 4.90 Å². The molecule has 1 aromatic heterocycles. The number of aryl methyl sites for hydroxylation is 1. The first-order valence-corrected chi connectivity index (χ1v) is 10.7. The van der Waals surface area contributed by atoms with Crippen LogP contribution in [0.1, 0.15) is 30.0 Å². The SMILES string of the molecule is Cc1cc(Cl)cc(Cl)c1S(=O)(=O)Nc1nc2c(s1)CN(C)C(C)(C)C2. The van der Waals surface area contributed by atoms with Gasteiger partial charge in [-0.15, -0.1) is 0 Å². The van der Waals surface area contributed by atoms with Gasteiger partial charge in [0.05, 0.1) is 10.7 Å². The van der Waals surface area contributed by atoms with Crippen molar-refractivity contribution in [2.45, 2.75) is 44.2 Å². The van der Waals surface area contributed by atoms with E-state index >= 15 is 0 Å². The van der Waals surface area contributed by atoms with E-state index in [1.54, 1.807) is 13.0 Å². The molecule has 5 nitrogen and oxygen atoms in total. The van der Waals surface area contributed by atoms with Crippen LogP contribution in [0.2, 0.25) is 10.0 Å². The van der Waals surface area contributed by atoms with E-state index in [-0.39, 0.29) is 15.5 Å². The Hall–Kier alpha value is -0.860. The maximum atomic E-state index is 12.8. The van der Waals surface area contributed by atoms with Crippen molar-refractivity contribution in [2.75, 3.05) is 11.8 Å². The zero-order chi connectivity index (χ0) is 18.6. The Labute approximate surface area is 162 Å². The highest BCUT2D eigenvalue weighted by molar-refractivity contribution is 7.93. The van der Waals surface area contributed by atoms with Crippen LogP contribution in [0.3, 0.4) is 0 Å². The minimum atomic E-state index is -3.84. The molecule has 3 rings (SSSR count). The third-order valence-electron chi connectivity index (χ3n) is 4.48. The molecular formula is C16H19Cl2N3O2S2. The van der Waals surface area contributed by atoms with E-state index in [0.717, 1.165) is 23.5 Å². The Morgan fingerprint density at radius 1 is 1.32 bits per heavy atom. The molecule has 2 aromatic rings. The summed E-state index contributed by atoms with van der Waals surface area (Å²) < 4.78 is 28.1. The van der Waals surface area contributed by atoms with Crippen molar-refractivity contribution in [1.82, 2.24) is 9.88 Å². The molecule has 136 valence electrons. The Morgan fingerprint density at radius 3 is 2.64 bits per heavy atom. The van der Waals surface area contributed by atoms with Crippen LogP contribution in [-0.4, -0.2) is 30.9 Å². The number of aromatic nitrogens is 1. The molecule has 1 N–H and O–H groups in total. The molecule has 0 amide bonds. The zero-order valence-corrected chi connectivity index (χ0v) is 17.5. The van der Waals surface area contributed by atoms with Crippen LogP contribution in [0.15, 0.2) is 17.0 Å². The molecule has 0 aliphatic carbocycles. The predicted molar refractivity (Wildman–Crippen MR) is 103 cm³/mol. The van der Waals surface area contributed by atoms with E-state index in [1.807, 2.05) is 0 Å². The van der Waals surface area contributed by atoms with E-state index in [0.29, 0.717) is 15.7 Å². The van der Waals surface area contributed by atoms with E-state index in [2.05, 4.69) is 35.5 Å². The average Bonchev–Trinajstić information content (AvgIpc) is 2.76. The second-order valence-corrected chi connectivity index (χ2v) is 10.4. The standard InChI is InChI=1S/C16H19Cl2N3O2S2/c1-9-5-10(17)6-11(18)14(9)25(22,23)20-15-19-12-7-16(2,3)21(4)8-13(12)24-15/h5-6H,7-8H2,1-4H3,(H,19,20). The number of fused-ring (bicyclic) bond motifs is 1. The third kappa shape index (κ3) is 3.66. The molecule has 0 radical (unpaired) electrons. The molecule has 0 bridgehead atoms. The number of hydrogen-bond donors (Lipinski definition) is 1. The van der Waals surface area contributed by atoms with Crippen LogP contribution in [0, 0.1) is 6.92 Å². The molecule has 2 heterocycles. The molecule has 9 heteroatoms. The summed E-state index contributed by atoms with van der Waals surface area (Å²) in [7, 11) is -1.78. The molecule has 0 unspecified atom stereocenters. The second-order valence-electron chi connectivity index (χ2n) is 6.87. The Bertz CT molecular complexity index is 916. The summed E-state index contributed by atoms with van der Waals surface area (Å²) in [5, 5.41) is 0.859. The van der Waals surface area contributed by atoms with Crippen LogP contribution in [0.4, 0.5) is 5.13 Å². The molecule has 0 saturated heterocycles. The smallest absolute Gasteiger partial charge is 0.265 e. The minimum absolute atomic E-state index is 0.00665. The second kappa shape index (κ2) is 6.39. The normalized spacial score (nSPS) is 17.4. The maximum Gasteiger partial charge on any atom is 0.265 e. The van der Waals surface area contributed by atoms with Crippen molar-refractivity contribution < 1.29 is 8.42 Å². The lowest BCUT2D eigenvalue weighted by molar-refractivity contribution is 0.133. The number of nitrogens with one attached hydrogen (secondary N) is 1. The van der Waals surface area contributed by atoms with Crippen molar-refractivity contribution in [2.24, 2.45) is 0 Å². The van der Waals surface area contributed by atoms with Gasteiger partial charge in [-0.3, -0.25) is 9.62 Å². The maximum absolute atomic E-state index is 12.8. The van der Waals surface area contributed by atoms with Crippen LogP contribution in [0.25, 0.3) is 0 Å². The number of hydrogen-bond acceptors (Lipinski definition) is 5. The van der Waals surface area contributed by atoms with Crippen molar-refractivity contribution in [1.29, 1.82) is 0 Å². The average molecular weight is 420 g/mol. The van der Waals surface area contributed by atoms with Crippen molar-refractivity contribution >= 4 is 49.7 Å². The first-order valence-electron chi connectivity index (χ1n) is 7.68. The van der Waals surface area contributed by atoms with Gasteiger partial charge in [0, 0.05) is 28.4 Å². The number of benzene rings is 1. The number of halogens is 2. The van der Waals surface area contributed by atoms with Gasteiger partial charge in [-0.05, 0) is 45.5 Å². The van der Waals surface area contributed by atoms with E-state index in [4.69, 9.17) is 23.2 Å². The van der Waals surface area contributed by atoms with Crippen LogP contribution in [0.5, 0.6) is 0 Å². The lowest BCUT2D eigenvalue weighted by Gasteiger charge is -2.38. The fraction of sp³-hybridized carbons (Fsp3) is 0.438. The molecule has 1 aromatic carbocycles. The summed E-state index contributed by atoms with van der Waals surface area (Å²) >= 11 is 13.4. The lowest BCUT2D eigenvalue weighted by Crippen LogP contribution is -2.45. The molecular weight excluding hydrogens is 401 g/mol.